The summed E-state index contributed by atoms with van der Waals surface area (Å²) in [6, 6.07) is 7.12. The number of nitrogens with two attached hydrogens (primary N) is 1. The number of nitrogens with zero attached hydrogens (tertiary/aromatic N) is 5. The van der Waals surface area contributed by atoms with Crippen LogP contribution in [0.5, 0.6) is 0 Å². The number of H-pyrrole nitrogens is 1. The van der Waals surface area contributed by atoms with Crippen molar-refractivity contribution in [3.63, 3.8) is 0 Å². The number of aliphatic carboxylic acids is 2. The summed E-state index contributed by atoms with van der Waals surface area (Å²) in [4.78, 5) is 56.7. The number of benzene rings is 1. The van der Waals surface area contributed by atoms with Crippen LogP contribution in [0.2, 0.25) is 0 Å². The van der Waals surface area contributed by atoms with Crippen molar-refractivity contribution in [3.05, 3.63) is 47.5 Å². The predicted octanol–water partition coefficient (Wildman–Crippen LogP) is -5.36. The number of alkyl halides is 6. The molecule has 78 heavy (non-hydrogen) atoms. The lowest BCUT2D eigenvalue weighted by Crippen LogP contribution is -2.53. The first kappa shape index (κ1) is 68.1. The minimum Gasteiger partial charge on any atom is -0.542 e. The largest absolute Gasteiger partial charge is 0.542 e. The maximum absolute atomic E-state index is 13.1. The highest BCUT2D eigenvalue weighted by Gasteiger charge is 2.38. The first-order chi connectivity index (χ1) is 36.5. The number of imidazole rings is 1. The molecule has 0 aliphatic rings. The molecule has 0 unspecified atom stereocenters. The third-order valence-corrected chi connectivity index (χ3v) is 11.0. The van der Waals surface area contributed by atoms with Gasteiger partial charge in [0.25, 0.3) is 17.6 Å². The van der Waals surface area contributed by atoms with E-state index < -0.39 is 105 Å². The molecule has 28 nitrogen and oxygen atoms in total. The number of carboxylic acids is 2. The average Bonchev–Trinajstić information content (AvgIpc) is 4.04. The topological polar surface area (TPSA) is 445 Å². The number of aryl methyl sites for hydroxylation is 2. The fraction of sp³-hybridized carbons (Fsp3) is 0.614. The van der Waals surface area contributed by atoms with Gasteiger partial charge in [-0.05, 0) is 32.0 Å². The van der Waals surface area contributed by atoms with Crippen molar-refractivity contribution in [1.82, 2.24) is 35.1 Å². The molecular weight excluding hydrogens is 1070 g/mol. The Balaban J connectivity index is 0.00000130. The number of hydrogen-bond acceptors (Lipinski definition) is 22. The number of fused-ring (bicyclic) bond motifs is 2. The lowest BCUT2D eigenvalue weighted by Gasteiger charge is -2.33. The molecule has 0 bridgehead atoms. The molecule has 0 radical (unpaired) electrons. The summed E-state index contributed by atoms with van der Waals surface area (Å²) < 4.78 is 84.0. The number of anilines is 1. The van der Waals surface area contributed by atoms with E-state index >= 15 is 0 Å². The Labute approximate surface area is 438 Å². The quantitative estimate of drug-likeness (QED) is 0.0132. The van der Waals surface area contributed by atoms with Crippen molar-refractivity contribution in [2.45, 2.75) is 94.7 Å². The van der Waals surface area contributed by atoms with Crippen LogP contribution in [0.4, 0.5) is 32.2 Å². The summed E-state index contributed by atoms with van der Waals surface area (Å²) in [5.41, 5.74) is 9.22. The van der Waals surface area contributed by atoms with Crippen LogP contribution in [0.15, 0.2) is 30.5 Å². The van der Waals surface area contributed by atoms with E-state index in [2.05, 4.69) is 30.2 Å². The Bertz CT molecular complexity index is 2430. The molecule has 3 aromatic heterocycles. The lowest BCUT2D eigenvalue weighted by atomic mass is 10.0. The molecule has 0 saturated carbocycles. The van der Waals surface area contributed by atoms with Gasteiger partial charge in [0.05, 0.1) is 78.2 Å². The summed E-state index contributed by atoms with van der Waals surface area (Å²) >= 11 is 0. The number of carboxylic acid groups (broad SMARTS) is 2. The molecule has 0 fully saturated rings. The van der Waals surface area contributed by atoms with Gasteiger partial charge in [-0.25, -0.2) is 23.9 Å². The summed E-state index contributed by atoms with van der Waals surface area (Å²) in [6.07, 6.45) is -23.1. The van der Waals surface area contributed by atoms with Crippen molar-refractivity contribution in [2.75, 3.05) is 84.8 Å². The summed E-state index contributed by atoms with van der Waals surface area (Å²) in [5, 5.41) is 120. The Morgan fingerprint density at radius 3 is 1.73 bits per heavy atom. The first-order valence-corrected chi connectivity index (χ1v) is 23.5. The van der Waals surface area contributed by atoms with Crippen molar-refractivity contribution in [3.8, 4) is 0 Å². The lowest BCUT2D eigenvalue weighted by molar-refractivity contribution is -0.676. The average molecular weight is 1140 g/mol. The number of carbonyl (C=O) groups excluding carboxylic acids is 3. The number of aliphatic hydroxyl groups excluding tert-OH is 10. The third kappa shape index (κ3) is 21.3. The molecule has 0 spiro atoms. The van der Waals surface area contributed by atoms with E-state index in [9.17, 15) is 76.8 Å². The van der Waals surface area contributed by atoms with Gasteiger partial charge in [-0.1, -0.05) is 0 Å². The number of nitrogens with one attached hydrogen (secondary N) is 3. The van der Waals surface area contributed by atoms with E-state index in [1.807, 2.05) is 24.5 Å². The molecule has 16 N–H and O–H groups in total. The molecule has 0 aliphatic carbocycles. The fourth-order valence-electron chi connectivity index (χ4n) is 6.93. The second-order valence-electron chi connectivity index (χ2n) is 16.5. The van der Waals surface area contributed by atoms with E-state index in [0.29, 0.717) is 29.8 Å². The zero-order valence-electron chi connectivity index (χ0n) is 41.9. The highest BCUT2D eigenvalue weighted by atomic mass is 19.4. The smallest absolute Gasteiger partial charge is 0.490 e. The maximum atomic E-state index is 13.1. The molecule has 2 amide bonds. The van der Waals surface area contributed by atoms with E-state index in [1.165, 1.54) is 4.90 Å². The maximum Gasteiger partial charge on any atom is 0.490 e. The number of carbonyl (C=O) groups is 4. The molecule has 442 valence electrons. The molecule has 3 heterocycles. The zero-order chi connectivity index (χ0) is 59.1. The van der Waals surface area contributed by atoms with Gasteiger partial charge in [-0.15, -0.1) is 0 Å². The van der Waals surface area contributed by atoms with Crippen LogP contribution in [-0.4, -0.2) is 245 Å². The third-order valence-electron chi connectivity index (χ3n) is 11.0. The number of rotatable bonds is 30. The number of hydrogen-bond donors (Lipinski definition) is 15. The Morgan fingerprint density at radius 2 is 1.26 bits per heavy atom. The van der Waals surface area contributed by atoms with E-state index in [-0.39, 0.29) is 76.7 Å². The zero-order valence-corrected chi connectivity index (χ0v) is 41.9. The molecular formula is C44H65F6N9O19. The van der Waals surface area contributed by atoms with Crippen molar-refractivity contribution < 1.29 is 126 Å². The van der Waals surface area contributed by atoms with Crippen LogP contribution >= 0.6 is 0 Å². The Kier molecular flexibility index (Phi) is 28.6. The Morgan fingerprint density at radius 1 is 0.756 bits per heavy atom. The van der Waals surface area contributed by atoms with Gasteiger partial charge >= 0.3 is 18.3 Å². The molecule has 0 saturated heterocycles. The number of nitrogen functional groups attached to an aromatic ring is 1. The number of ether oxygens (including phenoxy) is 3. The number of aromatic amines is 1. The van der Waals surface area contributed by atoms with E-state index in [1.54, 1.807) is 24.4 Å². The van der Waals surface area contributed by atoms with E-state index in [0.717, 1.165) is 16.9 Å². The van der Waals surface area contributed by atoms with Gasteiger partial charge in [0.2, 0.25) is 0 Å². The standard InChI is InChI=1S/C40H63N9O15.2C2HF3O2/c1-3-48-25-6-5-23(17-26(25)49(4-2)31(48)18-44-40(61)32-37(41)46-38-24(45-32)7-8-42-38)39(60)43-9-11-62-13-15-64-16-14-63-12-10-47(19-27(52)33(56)35(58)29(54)21-50)20-28(53)34(57)36(59)30(55)22-51;2*3-2(4,5)1(6)7/h5-8,17,27-30,33-36,50-59H,3-4,9-16,18-22H2,1-2H3,(H4-,41,42,43,44,45,46,60,61);2*(H,6,7)/t27-,28-,29+,30+,33+,34+,35+,36+;;/m0../s1. The first-order valence-electron chi connectivity index (χ1n) is 23.5. The molecule has 4 rings (SSSR count). The molecule has 4 aromatic rings. The van der Waals surface area contributed by atoms with Crippen LogP contribution in [0.25, 0.3) is 22.2 Å². The highest BCUT2D eigenvalue weighted by Crippen LogP contribution is 2.19. The molecule has 8 atom stereocenters. The second-order valence-corrected chi connectivity index (χ2v) is 16.5. The minimum absolute atomic E-state index is 0.00180. The van der Waals surface area contributed by atoms with Gasteiger partial charge in [0.15, 0.2) is 28.2 Å². The van der Waals surface area contributed by atoms with Crippen LogP contribution in [0, 0.1) is 0 Å². The highest BCUT2D eigenvalue weighted by molar-refractivity contribution is 5.98. The number of amides is 2. The number of halogens is 6. The fourth-order valence-corrected chi connectivity index (χ4v) is 6.93. The van der Waals surface area contributed by atoms with Crippen LogP contribution in [-0.2, 0) is 43.4 Å². The SMILES string of the molecule is CCn1c(CNC(=O)c2nc3cc[nH]c3nc2N)[n+](CC)c2cc(C(=O)NCCOCCOCCOCCN(C[C@H](O)[C@@H](O)[C@H](O)[C@H](O)CO)C[C@H](O)[C@@H](O)[C@H](O)[C@H](O)CO)ccc21.O=C(O)C(F)(F)F.O=C([O-])C(F)(F)F. The Hall–Kier alpha value is -5.99. The number of aliphatic hydroxyl groups is 10. The van der Waals surface area contributed by atoms with Crippen LogP contribution in [0.3, 0.4) is 0 Å². The summed E-state index contributed by atoms with van der Waals surface area (Å²) in [7, 11) is 0. The van der Waals surface area contributed by atoms with Crippen LogP contribution < -0.4 is 26.0 Å². The van der Waals surface area contributed by atoms with Gasteiger partial charge in [0, 0.05) is 44.0 Å². The summed E-state index contributed by atoms with van der Waals surface area (Å²) in [5.74, 6) is -5.68. The molecule has 34 heteroatoms. The van der Waals surface area contributed by atoms with Gasteiger partial charge in [0.1, 0.15) is 54.7 Å². The predicted molar refractivity (Wildman–Crippen MR) is 251 cm³/mol. The van der Waals surface area contributed by atoms with Gasteiger partial charge in [-0.3, -0.25) is 14.5 Å². The second kappa shape index (κ2) is 32.8. The van der Waals surface area contributed by atoms with Crippen molar-refractivity contribution >= 4 is 51.8 Å². The minimum atomic E-state index is -5.19. The van der Waals surface area contributed by atoms with Crippen molar-refractivity contribution in [1.29, 1.82) is 0 Å². The monoisotopic (exact) mass is 1140 g/mol. The van der Waals surface area contributed by atoms with Crippen molar-refractivity contribution in [2.24, 2.45) is 0 Å². The normalized spacial score (nSPS) is 15.0. The van der Waals surface area contributed by atoms with Crippen LogP contribution in [0.1, 0.15) is 40.5 Å². The molecule has 0 aliphatic heterocycles. The number of aromatic nitrogens is 5. The van der Waals surface area contributed by atoms with Gasteiger partial charge in [-0.2, -0.15) is 26.3 Å². The van der Waals surface area contributed by atoms with E-state index in [4.69, 9.17) is 50.0 Å². The molecule has 1 aromatic carbocycles. The van der Waals surface area contributed by atoms with Gasteiger partial charge < -0.3 is 102 Å². The summed E-state index contributed by atoms with van der Waals surface area (Å²) in [6.45, 7) is 3.93.